The quantitative estimate of drug-likeness (QED) is 0.228. The standard InChI is InChI=1S/C26H22BrIN2O2S/c1-3-17-7-9-20(10-8-17)29-26-30-25(31)23(33-26)14-19-12-21(27)24(22(28)13-19)32-15-18-6-4-5-16(2)11-18/h4-14H,3,15H2,1-2H3,(H,29,30,31)/b23-14-. The molecule has 0 aliphatic carbocycles. The average Bonchev–Trinajstić information content (AvgIpc) is 3.12. The van der Waals surface area contributed by atoms with Gasteiger partial charge in [0.25, 0.3) is 5.91 Å². The van der Waals surface area contributed by atoms with Crippen LogP contribution in [0.3, 0.4) is 0 Å². The fourth-order valence-electron chi connectivity index (χ4n) is 3.31. The van der Waals surface area contributed by atoms with Crippen molar-refractivity contribution in [3.63, 3.8) is 0 Å². The Labute approximate surface area is 220 Å². The summed E-state index contributed by atoms with van der Waals surface area (Å²) in [7, 11) is 0. The van der Waals surface area contributed by atoms with Crippen molar-refractivity contribution in [2.75, 3.05) is 0 Å². The smallest absolute Gasteiger partial charge is 0.264 e. The third kappa shape index (κ3) is 6.28. The van der Waals surface area contributed by atoms with Crippen LogP contribution in [0.1, 0.15) is 29.2 Å². The van der Waals surface area contributed by atoms with Gasteiger partial charge in [0.2, 0.25) is 0 Å². The zero-order chi connectivity index (χ0) is 23.4. The number of rotatable bonds is 6. The summed E-state index contributed by atoms with van der Waals surface area (Å²) in [5.74, 6) is 0.649. The largest absolute Gasteiger partial charge is 0.487 e. The minimum Gasteiger partial charge on any atom is -0.487 e. The number of carbonyl (C=O) groups excluding carboxylic acids is 1. The molecule has 1 aliphatic heterocycles. The van der Waals surface area contributed by atoms with Crippen molar-refractivity contribution >= 4 is 73.1 Å². The van der Waals surface area contributed by atoms with E-state index in [0.29, 0.717) is 16.7 Å². The molecule has 4 rings (SSSR count). The van der Waals surface area contributed by atoms with Crippen molar-refractivity contribution in [1.29, 1.82) is 0 Å². The average molecular weight is 633 g/mol. The summed E-state index contributed by atoms with van der Waals surface area (Å²) >= 11 is 7.24. The molecule has 0 saturated carbocycles. The molecule has 0 aromatic heterocycles. The topological polar surface area (TPSA) is 50.7 Å². The first-order valence-electron chi connectivity index (χ1n) is 10.5. The van der Waals surface area contributed by atoms with Crippen LogP contribution in [-0.4, -0.2) is 11.1 Å². The molecule has 4 nitrogen and oxygen atoms in total. The van der Waals surface area contributed by atoms with Gasteiger partial charge in [0.15, 0.2) is 5.17 Å². The fraction of sp³-hybridized carbons (Fsp3) is 0.154. The van der Waals surface area contributed by atoms with Gasteiger partial charge in [-0.15, -0.1) is 0 Å². The van der Waals surface area contributed by atoms with Crippen molar-refractivity contribution in [3.8, 4) is 5.75 Å². The lowest BCUT2D eigenvalue weighted by Crippen LogP contribution is -2.19. The highest BCUT2D eigenvalue weighted by Crippen LogP contribution is 2.35. The number of nitrogens with one attached hydrogen (secondary N) is 1. The lowest BCUT2D eigenvalue weighted by Gasteiger charge is -2.12. The molecule has 3 aromatic rings. The van der Waals surface area contributed by atoms with Gasteiger partial charge in [0, 0.05) is 0 Å². The summed E-state index contributed by atoms with van der Waals surface area (Å²) < 4.78 is 7.89. The lowest BCUT2D eigenvalue weighted by molar-refractivity contribution is -0.115. The Bertz CT molecular complexity index is 1230. The molecule has 3 aromatic carbocycles. The first kappa shape index (κ1) is 24.0. The van der Waals surface area contributed by atoms with Gasteiger partial charge < -0.3 is 10.1 Å². The van der Waals surface area contributed by atoms with E-state index in [2.05, 4.69) is 93.0 Å². The fourth-order valence-corrected chi connectivity index (χ4v) is 5.92. The predicted molar refractivity (Wildman–Crippen MR) is 149 cm³/mol. The number of benzene rings is 3. The zero-order valence-electron chi connectivity index (χ0n) is 18.2. The van der Waals surface area contributed by atoms with Crippen LogP contribution in [0, 0.1) is 10.5 Å². The third-order valence-corrected chi connectivity index (χ3v) is 7.31. The normalized spacial score (nSPS) is 15.8. The first-order chi connectivity index (χ1) is 15.9. The molecular formula is C26H22BrIN2O2S. The van der Waals surface area contributed by atoms with E-state index < -0.39 is 0 Å². The van der Waals surface area contributed by atoms with Gasteiger partial charge in [0.05, 0.1) is 18.6 Å². The van der Waals surface area contributed by atoms with Crippen LogP contribution in [-0.2, 0) is 17.8 Å². The maximum Gasteiger partial charge on any atom is 0.264 e. The zero-order valence-corrected chi connectivity index (χ0v) is 22.8. The highest BCUT2D eigenvalue weighted by Gasteiger charge is 2.24. The van der Waals surface area contributed by atoms with Gasteiger partial charge in [0.1, 0.15) is 12.4 Å². The number of halogens is 2. The van der Waals surface area contributed by atoms with E-state index in [1.54, 1.807) is 0 Å². The second-order valence-electron chi connectivity index (χ2n) is 7.59. The monoisotopic (exact) mass is 632 g/mol. The Balaban J connectivity index is 1.49. The summed E-state index contributed by atoms with van der Waals surface area (Å²) in [6.07, 6.45) is 2.86. The van der Waals surface area contributed by atoms with Crippen LogP contribution in [0.2, 0.25) is 0 Å². The van der Waals surface area contributed by atoms with Gasteiger partial charge >= 0.3 is 0 Å². The van der Waals surface area contributed by atoms with Crippen molar-refractivity contribution in [3.05, 3.63) is 95.9 Å². The molecular weight excluding hydrogens is 611 g/mol. The van der Waals surface area contributed by atoms with E-state index in [0.717, 1.165) is 37.0 Å². The number of aryl methyl sites for hydroxylation is 2. The molecule has 1 saturated heterocycles. The summed E-state index contributed by atoms with van der Waals surface area (Å²) in [5.41, 5.74) is 5.33. The maximum absolute atomic E-state index is 12.5. The highest BCUT2D eigenvalue weighted by atomic mass is 127. The van der Waals surface area contributed by atoms with Crippen molar-refractivity contribution in [2.24, 2.45) is 4.99 Å². The molecule has 1 aliphatic rings. The Morgan fingerprint density at radius 3 is 2.61 bits per heavy atom. The highest BCUT2D eigenvalue weighted by molar-refractivity contribution is 14.1. The molecule has 0 unspecified atom stereocenters. The number of nitrogens with zero attached hydrogens (tertiary/aromatic N) is 1. The number of carbonyl (C=O) groups is 1. The van der Waals surface area contributed by atoms with Gasteiger partial charge in [-0.2, -0.15) is 0 Å². The molecule has 0 bridgehead atoms. The number of aliphatic imine (C=N–C) groups is 1. The van der Waals surface area contributed by atoms with E-state index in [1.165, 1.54) is 22.9 Å². The summed E-state index contributed by atoms with van der Waals surface area (Å²) in [6, 6.07) is 20.3. The summed E-state index contributed by atoms with van der Waals surface area (Å²) in [6.45, 7) is 4.68. The minimum atomic E-state index is -0.144. The summed E-state index contributed by atoms with van der Waals surface area (Å²) in [4.78, 5) is 17.7. The van der Waals surface area contributed by atoms with Crippen LogP contribution in [0.4, 0.5) is 5.69 Å². The Morgan fingerprint density at radius 1 is 1.12 bits per heavy atom. The van der Waals surface area contributed by atoms with Crippen molar-refractivity contribution in [2.45, 2.75) is 26.9 Å². The second-order valence-corrected chi connectivity index (χ2v) is 10.6. The van der Waals surface area contributed by atoms with Crippen molar-refractivity contribution in [1.82, 2.24) is 5.32 Å². The number of amidine groups is 1. The number of amides is 1. The Hall–Kier alpha value is -2.10. The van der Waals surface area contributed by atoms with Crippen LogP contribution < -0.4 is 10.1 Å². The number of hydrogen-bond donors (Lipinski definition) is 1. The second kappa shape index (κ2) is 10.9. The van der Waals surface area contributed by atoms with E-state index >= 15 is 0 Å². The van der Waals surface area contributed by atoms with Crippen LogP contribution in [0.15, 0.2) is 75.0 Å². The van der Waals surface area contributed by atoms with Crippen LogP contribution >= 0.6 is 50.3 Å². The molecule has 1 N–H and O–H groups in total. The van der Waals surface area contributed by atoms with Gasteiger partial charge in [-0.25, -0.2) is 4.99 Å². The molecule has 1 heterocycles. The molecule has 33 heavy (non-hydrogen) atoms. The Morgan fingerprint density at radius 2 is 1.91 bits per heavy atom. The van der Waals surface area contributed by atoms with Crippen molar-refractivity contribution < 1.29 is 9.53 Å². The molecule has 0 spiro atoms. The molecule has 168 valence electrons. The molecule has 0 atom stereocenters. The Kier molecular flexibility index (Phi) is 7.93. The van der Waals surface area contributed by atoms with E-state index in [-0.39, 0.29) is 5.91 Å². The van der Waals surface area contributed by atoms with Crippen LogP contribution in [0.25, 0.3) is 6.08 Å². The summed E-state index contributed by atoms with van der Waals surface area (Å²) in [5, 5.41) is 3.44. The van der Waals surface area contributed by atoms with E-state index in [1.807, 2.05) is 36.4 Å². The maximum atomic E-state index is 12.5. The SMILES string of the molecule is CCc1ccc(N=C2NC(=O)/C(=C/c3cc(Br)c(OCc4cccc(C)c4)c(I)c3)S2)cc1. The van der Waals surface area contributed by atoms with Gasteiger partial charge in [-0.3, -0.25) is 4.79 Å². The predicted octanol–water partition coefficient (Wildman–Crippen LogP) is 7.40. The third-order valence-electron chi connectivity index (χ3n) is 5.01. The molecule has 0 radical (unpaired) electrons. The first-order valence-corrected chi connectivity index (χ1v) is 13.2. The minimum absolute atomic E-state index is 0.144. The lowest BCUT2D eigenvalue weighted by atomic mass is 10.1. The van der Waals surface area contributed by atoms with E-state index in [9.17, 15) is 4.79 Å². The molecule has 1 fully saturated rings. The van der Waals surface area contributed by atoms with Gasteiger partial charge in [-0.05, 0) is 111 Å². The van der Waals surface area contributed by atoms with Crippen LogP contribution in [0.5, 0.6) is 5.75 Å². The van der Waals surface area contributed by atoms with E-state index in [4.69, 9.17) is 4.74 Å². The number of hydrogen-bond acceptors (Lipinski definition) is 4. The molecule has 1 amide bonds. The number of thioether (sulfide) groups is 1. The van der Waals surface area contributed by atoms with Gasteiger partial charge in [-0.1, -0.05) is 48.9 Å². The number of ether oxygens (including phenoxy) is 1. The molecule has 7 heteroatoms.